The maximum absolute atomic E-state index is 9.85. The molecule has 0 heterocycles. The quantitative estimate of drug-likeness (QED) is 0.624. The molecule has 1 fully saturated rings. The Labute approximate surface area is 118 Å². The number of aliphatic hydroxyl groups is 1. The lowest BCUT2D eigenvalue weighted by molar-refractivity contribution is -0.0278. The van der Waals surface area contributed by atoms with Gasteiger partial charge >= 0.3 is 0 Å². The molecular formula is C15H32N2O2. The van der Waals surface area contributed by atoms with E-state index in [1.54, 1.807) is 0 Å². The maximum Gasteiger partial charge on any atom is 0.0897 e. The Balaban J connectivity index is 1.97. The van der Waals surface area contributed by atoms with E-state index in [0.29, 0.717) is 19.3 Å². The molecule has 1 aliphatic rings. The van der Waals surface area contributed by atoms with E-state index >= 15 is 0 Å². The third-order valence-electron chi connectivity index (χ3n) is 4.08. The van der Waals surface area contributed by atoms with Gasteiger partial charge in [0, 0.05) is 19.6 Å². The summed E-state index contributed by atoms with van der Waals surface area (Å²) in [6, 6.07) is 0. The lowest BCUT2D eigenvalue weighted by Gasteiger charge is -2.27. The average Bonchev–Trinajstić information content (AvgIpc) is 2.42. The minimum absolute atomic E-state index is 0.372. The van der Waals surface area contributed by atoms with Crippen LogP contribution in [0.1, 0.15) is 39.5 Å². The van der Waals surface area contributed by atoms with Gasteiger partial charge in [0.05, 0.1) is 18.8 Å². The molecule has 0 aliphatic heterocycles. The third kappa shape index (κ3) is 7.88. The van der Waals surface area contributed by atoms with Crippen molar-refractivity contribution in [2.45, 2.75) is 51.7 Å². The predicted molar refractivity (Wildman–Crippen MR) is 79.4 cm³/mol. The van der Waals surface area contributed by atoms with Gasteiger partial charge in [-0.3, -0.25) is 0 Å². The number of nitrogens with zero attached hydrogens (tertiary/aromatic N) is 1. The molecule has 0 aromatic rings. The van der Waals surface area contributed by atoms with Crippen LogP contribution in [0.15, 0.2) is 0 Å². The lowest BCUT2D eigenvalue weighted by atomic mass is 9.89. The highest BCUT2D eigenvalue weighted by molar-refractivity contribution is 4.71. The summed E-state index contributed by atoms with van der Waals surface area (Å²) in [5.41, 5.74) is 0. The van der Waals surface area contributed by atoms with Crippen LogP contribution in [0, 0.1) is 5.92 Å². The Kier molecular flexibility index (Phi) is 8.62. The number of hydrogen-bond donors (Lipinski definition) is 2. The summed E-state index contributed by atoms with van der Waals surface area (Å²) < 4.78 is 5.79. The Hall–Kier alpha value is -0.160. The molecule has 0 bridgehead atoms. The number of likely N-dealkylation sites (N-methyl/N-ethyl adjacent to an activating group) is 1. The summed E-state index contributed by atoms with van der Waals surface area (Å²) in [5, 5.41) is 13.1. The van der Waals surface area contributed by atoms with Crippen LogP contribution in [0.3, 0.4) is 0 Å². The predicted octanol–water partition coefficient (Wildman–Crippen LogP) is 1.48. The molecular weight excluding hydrogens is 240 g/mol. The molecule has 0 aromatic heterocycles. The number of nitrogens with one attached hydrogen (secondary N) is 1. The standard InChI is InChI=1S/C15H32N2O2/c1-4-17(3)10-9-16-11-14(18)12-19-15-7-5-13(2)6-8-15/h13-16,18H,4-12H2,1-3H3. The minimum atomic E-state index is -0.383. The van der Waals surface area contributed by atoms with Crippen molar-refractivity contribution in [3.8, 4) is 0 Å². The average molecular weight is 272 g/mol. The first kappa shape index (κ1) is 16.9. The van der Waals surface area contributed by atoms with Crippen molar-refractivity contribution in [2.24, 2.45) is 5.92 Å². The van der Waals surface area contributed by atoms with E-state index in [-0.39, 0.29) is 6.10 Å². The van der Waals surface area contributed by atoms with Crippen LogP contribution >= 0.6 is 0 Å². The molecule has 4 heteroatoms. The second kappa shape index (κ2) is 9.70. The Morgan fingerprint density at radius 2 is 2.00 bits per heavy atom. The van der Waals surface area contributed by atoms with Gasteiger partial charge in [0.1, 0.15) is 0 Å². The molecule has 1 unspecified atom stereocenters. The largest absolute Gasteiger partial charge is 0.389 e. The van der Waals surface area contributed by atoms with Crippen LogP contribution in [0.5, 0.6) is 0 Å². The topological polar surface area (TPSA) is 44.7 Å². The van der Waals surface area contributed by atoms with Crippen molar-refractivity contribution in [1.82, 2.24) is 10.2 Å². The number of ether oxygens (including phenoxy) is 1. The zero-order valence-corrected chi connectivity index (χ0v) is 12.9. The first-order valence-corrected chi connectivity index (χ1v) is 7.80. The highest BCUT2D eigenvalue weighted by atomic mass is 16.5. The van der Waals surface area contributed by atoms with Gasteiger partial charge in [-0.2, -0.15) is 0 Å². The van der Waals surface area contributed by atoms with E-state index in [0.717, 1.165) is 38.4 Å². The molecule has 114 valence electrons. The number of hydrogen-bond acceptors (Lipinski definition) is 4. The molecule has 0 amide bonds. The Bertz CT molecular complexity index is 218. The number of rotatable bonds is 9. The SMILES string of the molecule is CCN(C)CCNCC(O)COC1CCC(C)CC1. The molecule has 0 radical (unpaired) electrons. The zero-order chi connectivity index (χ0) is 14.1. The molecule has 1 rings (SSSR count). The van der Waals surface area contributed by atoms with Gasteiger partial charge in [-0.05, 0) is 45.2 Å². The van der Waals surface area contributed by atoms with Gasteiger partial charge in [-0.15, -0.1) is 0 Å². The monoisotopic (exact) mass is 272 g/mol. The molecule has 0 aromatic carbocycles. The fourth-order valence-corrected chi connectivity index (χ4v) is 2.40. The van der Waals surface area contributed by atoms with Crippen molar-refractivity contribution < 1.29 is 9.84 Å². The number of aliphatic hydroxyl groups excluding tert-OH is 1. The van der Waals surface area contributed by atoms with Crippen molar-refractivity contribution in [3.63, 3.8) is 0 Å². The van der Waals surface area contributed by atoms with Crippen LogP contribution in [0.25, 0.3) is 0 Å². The van der Waals surface area contributed by atoms with Crippen molar-refractivity contribution in [3.05, 3.63) is 0 Å². The second-order valence-corrected chi connectivity index (χ2v) is 5.97. The fourth-order valence-electron chi connectivity index (χ4n) is 2.40. The van der Waals surface area contributed by atoms with Crippen LogP contribution in [-0.2, 0) is 4.74 Å². The smallest absolute Gasteiger partial charge is 0.0897 e. The van der Waals surface area contributed by atoms with Crippen LogP contribution in [0.4, 0.5) is 0 Å². The molecule has 0 saturated heterocycles. The summed E-state index contributed by atoms with van der Waals surface area (Å²) in [6.07, 6.45) is 4.83. The van der Waals surface area contributed by atoms with Gasteiger partial charge in [0.2, 0.25) is 0 Å². The summed E-state index contributed by atoms with van der Waals surface area (Å²) in [5.74, 6) is 0.849. The summed E-state index contributed by atoms with van der Waals surface area (Å²) in [6.45, 7) is 8.55. The van der Waals surface area contributed by atoms with Crippen molar-refractivity contribution in [2.75, 3.05) is 39.8 Å². The molecule has 1 saturated carbocycles. The summed E-state index contributed by atoms with van der Waals surface area (Å²) in [7, 11) is 2.10. The Morgan fingerprint density at radius 3 is 2.63 bits per heavy atom. The van der Waals surface area contributed by atoms with E-state index in [2.05, 4.69) is 31.1 Å². The molecule has 19 heavy (non-hydrogen) atoms. The second-order valence-electron chi connectivity index (χ2n) is 5.97. The van der Waals surface area contributed by atoms with Gasteiger partial charge in [-0.25, -0.2) is 0 Å². The van der Waals surface area contributed by atoms with Crippen LogP contribution in [-0.4, -0.2) is 62.0 Å². The van der Waals surface area contributed by atoms with E-state index < -0.39 is 0 Å². The molecule has 1 atom stereocenters. The first-order valence-electron chi connectivity index (χ1n) is 7.80. The van der Waals surface area contributed by atoms with E-state index in [1.807, 2.05) is 0 Å². The van der Waals surface area contributed by atoms with E-state index in [1.165, 1.54) is 12.8 Å². The highest BCUT2D eigenvalue weighted by Gasteiger charge is 2.19. The van der Waals surface area contributed by atoms with E-state index in [9.17, 15) is 5.11 Å². The third-order valence-corrected chi connectivity index (χ3v) is 4.08. The van der Waals surface area contributed by atoms with Gasteiger partial charge in [0.25, 0.3) is 0 Å². The molecule has 0 spiro atoms. The zero-order valence-electron chi connectivity index (χ0n) is 12.9. The van der Waals surface area contributed by atoms with Gasteiger partial charge < -0.3 is 20.1 Å². The molecule has 1 aliphatic carbocycles. The maximum atomic E-state index is 9.85. The van der Waals surface area contributed by atoms with Gasteiger partial charge in [-0.1, -0.05) is 13.8 Å². The lowest BCUT2D eigenvalue weighted by Crippen LogP contribution is -2.36. The van der Waals surface area contributed by atoms with Crippen molar-refractivity contribution >= 4 is 0 Å². The van der Waals surface area contributed by atoms with Crippen LogP contribution in [0.2, 0.25) is 0 Å². The highest BCUT2D eigenvalue weighted by Crippen LogP contribution is 2.25. The normalized spacial score (nSPS) is 25.7. The first-order chi connectivity index (χ1) is 9.11. The summed E-state index contributed by atoms with van der Waals surface area (Å²) >= 11 is 0. The minimum Gasteiger partial charge on any atom is -0.389 e. The van der Waals surface area contributed by atoms with Crippen LogP contribution < -0.4 is 5.32 Å². The summed E-state index contributed by atoms with van der Waals surface area (Å²) in [4.78, 5) is 2.25. The van der Waals surface area contributed by atoms with Crippen molar-refractivity contribution in [1.29, 1.82) is 0 Å². The molecule has 2 N–H and O–H groups in total. The van der Waals surface area contributed by atoms with E-state index in [4.69, 9.17) is 4.74 Å². The molecule has 4 nitrogen and oxygen atoms in total. The Morgan fingerprint density at radius 1 is 1.32 bits per heavy atom. The van der Waals surface area contributed by atoms with Gasteiger partial charge in [0.15, 0.2) is 0 Å². The fraction of sp³-hybridized carbons (Fsp3) is 1.00.